The standard InChI is InChI=1S/C28H39N5O3/c1-3-14-33(15-4-2)26(34)18-23(29)27(35)32-25(16-20-10-6-5-7-11-20)28(36)31-22-17-21-12-8-9-13-24(21)30-19-22/h8-9,12-13,17,19-20,23,25H,1,3-7,10-11,14-16,18,29H2,2H3,(H-,31,32,35,36)/p+3. The van der Waals surface area contributed by atoms with Crippen molar-refractivity contribution in [2.45, 2.75) is 76.8 Å². The number of H-pyrrole nitrogens is 1. The Morgan fingerprint density at radius 3 is 2.61 bits per heavy atom. The molecule has 8 nitrogen and oxygen atoms in total. The van der Waals surface area contributed by atoms with Crippen molar-refractivity contribution < 1.29 is 25.1 Å². The van der Waals surface area contributed by atoms with E-state index < -0.39 is 12.1 Å². The minimum atomic E-state index is -0.766. The van der Waals surface area contributed by atoms with Gasteiger partial charge < -0.3 is 21.3 Å². The molecule has 1 fully saturated rings. The van der Waals surface area contributed by atoms with Gasteiger partial charge in [0.15, 0.2) is 12.2 Å². The molecule has 1 saturated carbocycles. The highest BCUT2D eigenvalue weighted by Gasteiger charge is 2.31. The molecule has 0 spiro atoms. The first kappa shape index (κ1) is 27.5. The van der Waals surface area contributed by atoms with Gasteiger partial charge in [0, 0.05) is 18.0 Å². The van der Waals surface area contributed by atoms with E-state index in [1.165, 1.54) is 6.42 Å². The summed E-state index contributed by atoms with van der Waals surface area (Å²) < 4.78 is 0. The van der Waals surface area contributed by atoms with E-state index in [-0.39, 0.29) is 24.1 Å². The van der Waals surface area contributed by atoms with Gasteiger partial charge in [0.05, 0.1) is 19.9 Å². The molecule has 2 unspecified atom stereocenters. The molecule has 2 aromatic rings. The number of fused-ring (bicyclic) bond motifs is 1. The van der Waals surface area contributed by atoms with Gasteiger partial charge >= 0.3 is 0 Å². The van der Waals surface area contributed by atoms with Gasteiger partial charge in [-0.25, -0.2) is 4.98 Å². The summed E-state index contributed by atoms with van der Waals surface area (Å²) in [5.41, 5.74) is 5.57. The van der Waals surface area contributed by atoms with E-state index in [2.05, 4.69) is 28.3 Å². The molecule has 1 aliphatic rings. The summed E-state index contributed by atoms with van der Waals surface area (Å²) in [5, 5.41) is 6.88. The van der Waals surface area contributed by atoms with Crippen molar-refractivity contribution in [2.24, 2.45) is 5.92 Å². The zero-order valence-electron chi connectivity index (χ0n) is 21.6. The molecule has 3 rings (SSSR count). The van der Waals surface area contributed by atoms with Crippen LogP contribution in [0.1, 0.15) is 64.7 Å². The summed E-state index contributed by atoms with van der Waals surface area (Å²) >= 11 is 0. The summed E-state index contributed by atoms with van der Waals surface area (Å²) in [6, 6.07) is 8.31. The van der Waals surface area contributed by atoms with E-state index in [1.807, 2.05) is 37.3 Å². The number of aromatic nitrogens is 1. The first-order valence-electron chi connectivity index (χ1n) is 13.3. The summed E-state index contributed by atoms with van der Waals surface area (Å²) in [6.07, 6.45) is 9.47. The van der Waals surface area contributed by atoms with Crippen molar-refractivity contribution >= 4 is 34.3 Å². The maximum atomic E-state index is 13.3. The lowest BCUT2D eigenvalue weighted by atomic mass is 9.84. The molecule has 1 heterocycles. The van der Waals surface area contributed by atoms with Gasteiger partial charge in [0.1, 0.15) is 18.2 Å². The predicted octanol–water partition coefficient (Wildman–Crippen LogP) is 2.51. The Balaban J connectivity index is 1.67. The second-order valence-electron chi connectivity index (χ2n) is 9.90. The van der Waals surface area contributed by atoms with Crippen LogP contribution in [0.4, 0.5) is 5.69 Å². The van der Waals surface area contributed by atoms with Crippen LogP contribution in [0.25, 0.3) is 10.9 Å². The van der Waals surface area contributed by atoms with Crippen molar-refractivity contribution in [3.05, 3.63) is 43.5 Å². The predicted molar refractivity (Wildman–Crippen MR) is 140 cm³/mol. The van der Waals surface area contributed by atoms with Crippen LogP contribution < -0.4 is 21.4 Å². The zero-order valence-corrected chi connectivity index (χ0v) is 21.6. The van der Waals surface area contributed by atoms with Crippen LogP contribution in [0.3, 0.4) is 0 Å². The number of benzene rings is 1. The maximum absolute atomic E-state index is 13.3. The molecule has 194 valence electrons. The number of nitrogens with one attached hydrogen (secondary N) is 3. The lowest BCUT2D eigenvalue weighted by molar-refractivity contribution is -0.403. The fraction of sp³-hybridized carbons (Fsp3) is 0.536. The third-order valence-corrected chi connectivity index (χ3v) is 6.92. The molecular formula is C28H42N5O3+3. The first-order valence-corrected chi connectivity index (χ1v) is 13.3. The Morgan fingerprint density at radius 1 is 1.14 bits per heavy atom. The molecule has 3 amide bonds. The molecule has 0 aliphatic heterocycles. The second-order valence-corrected chi connectivity index (χ2v) is 9.90. The number of carbonyl (C=O) groups excluding carboxylic acids is 3. The summed E-state index contributed by atoms with van der Waals surface area (Å²) in [7, 11) is 0. The van der Waals surface area contributed by atoms with Gasteiger partial charge in [-0.2, -0.15) is 0 Å². The van der Waals surface area contributed by atoms with Crippen LogP contribution in [-0.4, -0.2) is 47.8 Å². The van der Waals surface area contributed by atoms with Crippen molar-refractivity contribution in [2.75, 3.05) is 18.4 Å². The van der Waals surface area contributed by atoms with E-state index in [0.29, 0.717) is 37.5 Å². The lowest BCUT2D eigenvalue weighted by Crippen LogP contribution is -2.69. The number of para-hydroxylation sites is 1. The third kappa shape index (κ3) is 7.95. The largest absolute Gasteiger partial charge is 0.347 e. The Bertz CT molecular complexity index is 1020. The number of quaternary nitrogens is 1. The minimum Gasteiger partial charge on any atom is -0.347 e. The quantitative estimate of drug-likeness (QED) is 0.392. The fourth-order valence-electron chi connectivity index (χ4n) is 4.95. The van der Waals surface area contributed by atoms with Gasteiger partial charge in [-0.05, 0) is 30.9 Å². The van der Waals surface area contributed by atoms with Gasteiger partial charge in [-0.15, -0.1) is 0 Å². The normalized spacial score (nSPS) is 15.7. The van der Waals surface area contributed by atoms with Gasteiger partial charge in [0.2, 0.25) is 17.3 Å². The van der Waals surface area contributed by atoms with Crippen LogP contribution >= 0.6 is 0 Å². The second kappa shape index (κ2) is 13.8. The van der Waals surface area contributed by atoms with Crippen LogP contribution in [-0.2, 0) is 14.4 Å². The SMILES string of the molecule is [CH2+]CCN(CCC)C(=O)CC([NH3+])C(=O)NC(CC1CCCCC1)C(=O)Nc1c[nH+]c2ccccc2c1. The highest BCUT2D eigenvalue weighted by Crippen LogP contribution is 2.28. The number of amides is 3. The topological polar surface area (TPSA) is 120 Å². The van der Waals surface area contributed by atoms with Crippen molar-refractivity contribution in [1.82, 2.24) is 10.2 Å². The van der Waals surface area contributed by atoms with E-state index in [0.717, 1.165) is 43.0 Å². The fourth-order valence-corrected chi connectivity index (χ4v) is 4.95. The lowest BCUT2D eigenvalue weighted by Gasteiger charge is -2.27. The maximum Gasteiger partial charge on any atom is 0.279 e. The first-order chi connectivity index (χ1) is 17.4. The number of anilines is 1. The van der Waals surface area contributed by atoms with Crippen LogP contribution in [0.15, 0.2) is 36.5 Å². The number of nitrogens with zero attached hydrogens (tertiary/aromatic N) is 1. The van der Waals surface area contributed by atoms with Gasteiger partial charge in [0.25, 0.3) is 5.91 Å². The van der Waals surface area contributed by atoms with E-state index in [9.17, 15) is 14.4 Å². The monoisotopic (exact) mass is 496 g/mol. The molecule has 0 bridgehead atoms. The highest BCUT2D eigenvalue weighted by molar-refractivity contribution is 5.98. The molecule has 2 atom stereocenters. The molecule has 0 radical (unpaired) electrons. The number of hydrogen-bond donors (Lipinski definition) is 3. The van der Waals surface area contributed by atoms with E-state index in [1.54, 1.807) is 11.1 Å². The van der Waals surface area contributed by atoms with Crippen molar-refractivity contribution in [3.8, 4) is 0 Å². The summed E-state index contributed by atoms with van der Waals surface area (Å²) in [6.45, 7) is 7.05. The molecule has 6 N–H and O–H groups in total. The molecule has 0 saturated heterocycles. The van der Waals surface area contributed by atoms with Crippen LogP contribution in [0.2, 0.25) is 0 Å². The smallest absolute Gasteiger partial charge is 0.279 e. The van der Waals surface area contributed by atoms with Gasteiger partial charge in [-0.3, -0.25) is 14.4 Å². The minimum absolute atomic E-state index is 0.0171. The number of hydrogen-bond acceptors (Lipinski definition) is 3. The van der Waals surface area contributed by atoms with Crippen molar-refractivity contribution in [1.29, 1.82) is 0 Å². The van der Waals surface area contributed by atoms with E-state index >= 15 is 0 Å². The summed E-state index contributed by atoms with van der Waals surface area (Å²) in [4.78, 5) is 44.1. The summed E-state index contributed by atoms with van der Waals surface area (Å²) in [5.74, 6) is -0.327. The van der Waals surface area contributed by atoms with Crippen LogP contribution in [0.5, 0.6) is 0 Å². The van der Waals surface area contributed by atoms with E-state index in [4.69, 9.17) is 0 Å². The Labute approximate surface area is 214 Å². The average molecular weight is 497 g/mol. The molecule has 1 aromatic heterocycles. The zero-order chi connectivity index (χ0) is 25.9. The van der Waals surface area contributed by atoms with Crippen LogP contribution in [0, 0.1) is 12.8 Å². The molecule has 1 aliphatic carbocycles. The Kier molecular flexibility index (Phi) is 10.5. The number of carbonyl (C=O) groups is 3. The Morgan fingerprint density at radius 2 is 1.89 bits per heavy atom. The number of pyridine rings is 1. The highest BCUT2D eigenvalue weighted by atomic mass is 16.2. The molecule has 8 heteroatoms. The number of aromatic amines is 1. The van der Waals surface area contributed by atoms with Gasteiger partial charge in [-0.1, -0.05) is 51.2 Å². The average Bonchev–Trinajstić information content (AvgIpc) is 2.88. The van der Waals surface area contributed by atoms with Crippen molar-refractivity contribution in [3.63, 3.8) is 0 Å². The number of rotatable bonds is 12. The molecule has 36 heavy (non-hydrogen) atoms. The molecular weight excluding hydrogens is 454 g/mol. The Hall–Kier alpha value is -3.13. The third-order valence-electron chi connectivity index (χ3n) is 6.92. The molecule has 1 aromatic carbocycles.